The molecule has 2 N–H and O–H groups in total. The summed E-state index contributed by atoms with van der Waals surface area (Å²) < 4.78 is 5.60. The second kappa shape index (κ2) is 6.39. The van der Waals surface area contributed by atoms with Crippen molar-refractivity contribution in [3.63, 3.8) is 0 Å². The molecule has 5 heteroatoms. The molecule has 0 spiro atoms. The van der Waals surface area contributed by atoms with Gasteiger partial charge >= 0.3 is 0 Å². The van der Waals surface area contributed by atoms with Gasteiger partial charge in [-0.25, -0.2) is 9.97 Å². The molecule has 1 aromatic heterocycles. The molecule has 1 aliphatic rings. The van der Waals surface area contributed by atoms with E-state index in [1.807, 2.05) is 7.05 Å². The van der Waals surface area contributed by atoms with Gasteiger partial charge in [-0.3, -0.25) is 0 Å². The number of nitrogens with one attached hydrogen (secondary N) is 2. The Morgan fingerprint density at radius 1 is 1.25 bits per heavy atom. The maximum absolute atomic E-state index is 5.60. The van der Waals surface area contributed by atoms with Crippen LogP contribution in [0, 0.1) is 6.92 Å². The molecular formula is C15H26N4O. The highest BCUT2D eigenvalue weighted by Crippen LogP contribution is 2.25. The average molecular weight is 278 g/mol. The molecule has 1 saturated heterocycles. The molecule has 5 nitrogen and oxygen atoms in total. The van der Waals surface area contributed by atoms with Gasteiger partial charge in [-0.1, -0.05) is 13.8 Å². The normalized spacial score (nSPS) is 22.9. The van der Waals surface area contributed by atoms with E-state index >= 15 is 0 Å². The number of nitrogens with zero attached hydrogens (tertiary/aromatic N) is 2. The first kappa shape index (κ1) is 15.0. The van der Waals surface area contributed by atoms with Crippen molar-refractivity contribution in [2.24, 2.45) is 0 Å². The first-order chi connectivity index (χ1) is 9.51. The zero-order valence-corrected chi connectivity index (χ0v) is 13.2. The number of hydrogen-bond acceptors (Lipinski definition) is 5. The topological polar surface area (TPSA) is 59.1 Å². The Bertz CT molecular complexity index is 461. The van der Waals surface area contributed by atoms with E-state index in [0.29, 0.717) is 18.1 Å². The monoisotopic (exact) mass is 278 g/mol. The molecule has 1 aromatic rings. The summed E-state index contributed by atoms with van der Waals surface area (Å²) in [5, 5.41) is 6.74. The summed E-state index contributed by atoms with van der Waals surface area (Å²) in [5.74, 6) is 3.05. The van der Waals surface area contributed by atoms with Crippen molar-refractivity contribution in [3.8, 4) is 0 Å². The fourth-order valence-electron chi connectivity index (χ4n) is 2.50. The van der Waals surface area contributed by atoms with Crippen molar-refractivity contribution in [2.45, 2.75) is 58.6 Å². The van der Waals surface area contributed by atoms with Crippen molar-refractivity contribution < 1.29 is 4.74 Å². The zero-order chi connectivity index (χ0) is 14.7. The molecule has 0 amide bonds. The quantitative estimate of drug-likeness (QED) is 0.887. The largest absolute Gasteiger partial charge is 0.378 e. The molecule has 1 fully saturated rings. The van der Waals surface area contributed by atoms with Gasteiger partial charge < -0.3 is 15.4 Å². The van der Waals surface area contributed by atoms with E-state index in [0.717, 1.165) is 42.5 Å². The second-order valence-electron chi connectivity index (χ2n) is 5.86. The molecule has 0 aliphatic carbocycles. The van der Waals surface area contributed by atoms with Gasteiger partial charge in [-0.2, -0.15) is 0 Å². The summed E-state index contributed by atoms with van der Waals surface area (Å²) in [6.07, 6.45) is 2.37. The molecule has 2 heterocycles. The lowest BCUT2D eigenvalue weighted by Gasteiger charge is -2.29. The summed E-state index contributed by atoms with van der Waals surface area (Å²) in [6, 6.07) is 0.428. The number of ether oxygens (including phenoxy) is 1. The minimum atomic E-state index is 0.316. The Morgan fingerprint density at radius 2 is 1.95 bits per heavy atom. The first-order valence-electron chi connectivity index (χ1n) is 7.45. The van der Waals surface area contributed by atoms with E-state index in [4.69, 9.17) is 9.72 Å². The van der Waals surface area contributed by atoms with Crippen LogP contribution in [0.5, 0.6) is 0 Å². The lowest BCUT2D eigenvalue weighted by Crippen LogP contribution is -2.33. The van der Waals surface area contributed by atoms with Gasteiger partial charge in [0.1, 0.15) is 17.5 Å². The third-order valence-electron chi connectivity index (χ3n) is 3.74. The van der Waals surface area contributed by atoms with Crippen LogP contribution in [0.4, 0.5) is 11.6 Å². The highest BCUT2D eigenvalue weighted by molar-refractivity contribution is 5.57. The number of aromatic nitrogens is 2. The number of hydrogen-bond donors (Lipinski definition) is 2. The van der Waals surface area contributed by atoms with Crippen LogP contribution in [0.2, 0.25) is 0 Å². The van der Waals surface area contributed by atoms with Crippen molar-refractivity contribution in [1.29, 1.82) is 0 Å². The maximum Gasteiger partial charge on any atom is 0.135 e. The Balaban J connectivity index is 2.23. The summed E-state index contributed by atoms with van der Waals surface area (Å²) in [7, 11) is 1.90. The minimum absolute atomic E-state index is 0.316. The van der Waals surface area contributed by atoms with Crippen LogP contribution < -0.4 is 10.6 Å². The second-order valence-corrected chi connectivity index (χ2v) is 5.86. The smallest absolute Gasteiger partial charge is 0.135 e. The zero-order valence-electron chi connectivity index (χ0n) is 13.2. The van der Waals surface area contributed by atoms with Gasteiger partial charge in [0, 0.05) is 31.2 Å². The average Bonchev–Trinajstić information content (AvgIpc) is 2.41. The molecule has 0 aromatic carbocycles. The van der Waals surface area contributed by atoms with Crippen molar-refractivity contribution in [1.82, 2.24) is 9.97 Å². The summed E-state index contributed by atoms with van der Waals surface area (Å²) in [4.78, 5) is 9.27. The van der Waals surface area contributed by atoms with E-state index in [9.17, 15) is 0 Å². The van der Waals surface area contributed by atoms with Crippen LogP contribution in [0.3, 0.4) is 0 Å². The lowest BCUT2D eigenvalue weighted by atomic mass is 10.0. The van der Waals surface area contributed by atoms with Gasteiger partial charge in [0.05, 0.1) is 6.10 Å². The molecule has 2 rings (SSSR count). The van der Waals surface area contributed by atoms with Gasteiger partial charge in [-0.15, -0.1) is 0 Å². The Hall–Kier alpha value is -1.36. The van der Waals surface area contributed by atoms with Gasteiger partial charge in [0.25, 0.3) is 0 Å². The van der Waals surface area contributed by atoms with Gasteiger partial charge in [-0.05, 0) is 26.7 Å². The molecular weight excluding hydrogens is 252 g/mol. The third kappa shape index (κ3) is 3.39. The van der Waals surface area contributed by atoms with Gasteiger partial charge in [0.2, 0.25) is 0 Å². The summed E-state index contributed by atoms with van der Waals surface area (Å²) in [5.41, 5.74) is 1.08. The Morgan fingerprint density at radius 3 is 2.55 bits per heavy atom. The number of anilines is 2. The first-order valence-corrected chi connectivity index (χ1v) is 7.45. The van der Waals surface area contributed by atoms with E-state index in [1.165, 1.54) is 0 Å². The molecule has 0 radical (unpaired) electrons. The molecule has 112 valence electrons. The van der Waals surface area contributed by atoms with E-state index in [-0.39, 0.29) is 0 Å². The maximum atomic E-state index is 5.60. The van der Waals surface area contributed by atoms with Crippen LogP contribution in [0.25, 0.3) is 0 Å². The van der Waals surface area contributed by atoms with Crippen LogP contribution in [-0.4, -0.2) is 35.8 Å². The van der Waals surface area contributed by atoms with E-state index < -0.39 is 0 Å². The summed E-state index contributed by atoms with van der Waals surface area (Å²) >= 11 is 0. The van der Waals surface area contributed by atoms with E-state index in [2.05, 4.69) is 43.3 Å². The van der Waals surface area contributed by atoms with Gasteiger partial charge in [0.15, 0.2) is 0 Å². The van der Waals surface area contributed by atoms with Crippen LogP contribution in [0.15, 0.2) is 0 Å². The predicted octanol–water partition coefficient (Wildman–Crippen LogP) is 2.93. The standard InChI is InChI=1S/C15H26N4O/c1-9(2)13-18-14(16-5)11(4)15(19-13)17-12-6-7-20-10(3)8-12/h9-10,12H,6-8H2,1-5H3,(H2,16,17,18,19). The molecule has 2 atom stereocenters. The third-order valence-corrected chi connectivity index (χ3v) is 3.74. The lowest BCUT2D eigenvalue weighted by molar-refractivity contribution is 0.0231. The summed E-state index contributed by atoms with van der Waals surface area (Å²) in [6.45, 7) is 9.23. The Kier molecular flexibility index (Phi) is 4.81. The fourth-order valence-corrected chi connectivity index (χ4v) is 2.50. The molecule has 1 aliphatic heterocycles. The van der Waals surface area contributed by atoms with E-state index in [1.54, 1.807) is 0 Å². The SMILES string of the molecule is CNc1nc(C(C)C)nc(NC2CCOC(C)C2)c1C. The van der Waals surface area contributed by atoms with Crippen LogP contribution in [0.1, 0.15) is 50.9 Å². The van der Waals surface area contributed by atoms with Crippen molar-refractivity contribution in [2.75, 3.05) is 24.3 Å². The Labute approximate surface area is 121 Å². The molecule has 2 unspecified atom stereocenters. The predicted molar refractivity (Wildman–Crippen MR) is 82.5 cm³/mol. The fraction of sp³-hybridized carbons (Fsp3) is 0.733. The highest BCUT2D eigenvalue weighted by Gasteiger charge is 2.21. The number of rotatable bonds is 4. The molecule has 20 heavy (non-hydrogen) atoms. The highest BCUT2D eigenvalue weighted by atomic mass is 16.5. The minimum Gasteiger partial charge on any atom is -0.378 e. The molecule has 0 bridgehead atoms. The van der Waals surface area contributed by atoms with Crippen molar-refractivity contribution in [3.05, 3.63) is 11.4 Å². The van der Waals surface area contributed by atoms with Crippen LogP contribution >= 0.6 is 0 Å². The molecule has 0 saturated carbocycles. The van der Waals surface area contributed by atoms with Crippen molar-refractivity contribution >= 4 is 11.6 Å². The van der Waals surface area contributed by atoms with Crippen LogP contribution in [-0.2, 0) is 4.74 Å².